The van der Waals surface area contributed by atoms with Crippen LogP contribution in [-0.4, -0.2) is 60.0 Å². The van der Waals surface area contributed by atoms with Crippen LogP contribution in [0.15, 0.2) is 53.6 Å². The molecule has 3 aromatic rings. The topological polar surface area (TPSA) is 99.4 Å². The smallest absolute Gasteiger partial charge is 0.474 e. The number of piperidine rings is 1. The van der Waals surface area contributed by atoms with Crippen LogP contribution in [-0.2, 0) is 9.84 Å². The number of ether oxygens (including phenoxy) is 2. The lowest BCUT2D eigenvalue weighted by molar-refractivity contribution is -0.274. The lowest BCUT2D eigenvalue weighted by atomic mass is 10.1. The average molecular weight is 554 g/mol. The fraction of sp³-hybridized carbons (Fsp3) is 0.375. The van der Waals surface area contributed by atoms with Gasteiger partial charge in [0.05, 0.1) is 11.9 Å². The summed E-state index contributed by atoms with van der Waals surface area (Å²) in [5.74, 6) is -0.658. The summed E-state index contributed by atoms with van der Waals surface area (Å²) in [6, 6.07) is 5.72. The zero-order valence-electron chi connectivity index (χ0n) is 20.2. The van der Waals surface area contributed by atoms with E-state index >= 15 is 0 Å². The predicted molar refractivity (Wildman–Crippen MR) is 131 cm³/mol. The van der Waals surface area contributed by atoms with Crippen molar-refractivity contribution in [2.24, 2.45) is 0 Å². The van der Waals surface area contributed by atoms with Gasteiger partial charge in [-0.1, -0.05) is 0 Å². The lowest BCUT2D eigenvalue weighted by Crippen LogP contribution is -2.38. The van der Waals surface area contributed by atoms with E-state index in [-0.39, 0.29) is 35.3 Å². The predicted octanol–water partition coefficient (Wildman–Crippen LogP) is 4.63. The molecule has 9 nitrogen and oxygen atoms in total. The van der Waals surface area contributed by atoms with Gasteiger partial charge in [-0.2, -0.15) is 5.10 Å². The van der Waals surface area contributed by atoms with Crippen molar-refractivity contribution in [3.63, 3.8) is 0 Å². The van der Waals surface area contributed by atoms with Crippen LogP contribution in [0.4, 0.5) is 23.2 Å². The highest BCUT2D eigenvalue weighted by molar-refractivity contribution is 7.94. The Bertz CT molecular complexity index is 1510. The molecule has 38 heavy (non-hydrogen) atoms. The molecule has 1 aliphatic carbocycles. The minimum absolute atomic E-state index is 0.0331. The summed E-state index contributed by atoms with van der Waals surface area (Å²) >= 11 is 0. The van der Waals surface area contributed by atoms with Gasteiger partial charge in [0.2, 0.25) is 5.88 Å². The minimum Gasteiger partial charge on any atom is -0.474 e. The highest BCUT2D eigenvalue weighted by Gasteiger charge is 2.31. The molecular weight excluding hydrogens is 530 g/mol. The van der Waals surface area contributed by atoms with Crippen LogP contribution in [0.2, 0.25) is 0 Å². The maximum absolute atomic E-state index is 14.8. The van der Waals surface area contributed by atoms with Crippen molar-refractivity contribution < 1.29 is 35.5 Å². The average Bonchev–Trinajstić information content (AvgIpc) is 3.28. The van der Waals surface area contributed by atoms with Gasteiger partial charge in [0, 0.05) is 42.8 Å². The van der Waals surface area contributed by atoms with E-state index in [2.05, 4.69) is 19.8 Å². The van der Waals surface area contributed by atoms with Crippen molar-refractivity contribution in [2.75, 3.05) is 24.2 Å². The Hall–Kier alpha value is -3.68. The number of hydrogen-bond acceptors (Lipinski definition) is 8. The number of fused-ring (bicyclic) bond motifs is 1. The van der Waals surface area contributed by atoms with Crippen molar-refractivity contribution >= 4 is 32.3 Å². The maximum Gasteiger partial charge on any atom is 0.573 e. The Morgan fingerprint density at radius 2 is 1.76 bits per heavy atom. The van der Waals surface area contributed by atoms with Gasteiger partial charge in [0.25, 0.3) is 0 Å². The Morgan fingerprint density at radius 3 is 2.39 bits per heavy atom. The zero-order chi connectivity index (χ0) is 27.1. The van der Waals surface area contributed by atoms with Gasteiger partial charge in [0.15, 0.2) is 15.5 Å². The third kappa shape index (κ3) is 5.59. The molecule has 0 bridgehead atoms. The van der Waals surface area contributed by atoms with Gasteiger partial charge in [-0.15, -0.1) is 13.2 Å². The summed E-state index contributed by atoms with van der Waals surface area (Å²) in [7, 11) is -3.49. The van der Waals surface area contributed by atoms with E-state index in [9.17, 15) is 26.0 Å². The molecule has 14 heteroatoms. The number of sulfone groups is 1. The Kier molecular flexibility index (Phi) is 6.75. The number of halogens is 4. The third-order valence-corrected chi connectivity index (χ3v) is 7.66. The number of alkyl halides is 3. The minimum atomic E-state index is -4.74. The second-order valence-corrected chi connectivity index (χ2v) is 11.1. The summed E-state index contributed by atoms with van der Waals surface area (Å²) in [5.41, 5.74) is 1.33. The molecule has 2 aromatic heterocycles. The van der Waals surface area contributed by atoms with Crippen molar-refractivity contribution in [3.8, 4) is 11.6 Å². The molecular formula is C24H23F4N5O4S. The largest absolute Gasteiger partial charge is 0.573 e. The number of aromatic nitrogens is 4. The van der Waals surface area contributed by atoms with Crippen LogP contribution in [0.1, 0.15) is 25.7 Å². The fourth-order valence-electron chi connectivity index (χ4n) is 4.52. The fourth-order valence-corrected chi connectivity index (χ4v) is 5.31. The van der Waals surface area contributed by atoms with Gasteiger partial charge in [-0.3, -0.25) is 0 Å². The lowest BCUT2D eigenvalue weighted by Gasteiger charge is -2.33. The van der Waals surface area contributed by atoms with Gasteiger partial charge in [-0.05, 0) is 43.2 Å². The molecule has 0 spiro atoms. The van der Waals surface area contributed by atoms with Crippen LogP contribution >= 0.6 is 0 Å². The van der Waals surface area contributed by atoms with E-state index in [0.717, 1.165) is 18.0 Å². The summed E-state index contributed by atoms with van der Waals surface area (Å²) < 4.78 is 86.9. The first kappa shape index (κ1) is 25.9. The zero-order valence-corrected chi connectivity index (χ0v) is 21.0. The molecule has 0 unspecified atom stereocenters. The summed E-state index contributed by atoms with van der Waals surface area (Å²) in [6.07, 6.45) is 1.52. The van der Waals surface area contributed by atoms with E-state index < -0.39 is 22.0 Å². The molecule has 2 aliphatic rings. The second kappa shape index (κ2) is 9.89. The first-order valence-corrected chi connectivity index (χ1v) is 13.6. The number of hydrogen-bond donors (Lipinski definition) is 0. The molecule has 1 aliphatic heterocycles. The van der Waals surface area contributed by atoms with E-state index in [1.807, 2.05) is 4.90 Å². The molecule has 1 aromatic carbocycles. The SMILES string of the molecule is CS(=O)(=O)C1=CC(F)=C(n2ncc3c(OC4CCN(c5ccc(OC(F)(F)F)cc5)CC4)ncnc32)CC1. The van der Waals surface area contributed by atoms with Crippen LogP contribution in [0.5, 0.6) is 11.6 Å². The number of benzene rings is 1. The van der Waals surface area contributed by atoms with Gasteiger partial charge in [-0.25, -0.2) is 27.5 Å². The highest BCUT2D eigenvalue weighted by Crippen LogP contribution is 2.34. The summed E-state index contributed by atoms with van der Waals surface area (Å²) in [6.45, 7) is 1.23. The van der Waals surface area contributed by atoms with E-state index in [1.165, 1.54) is 29.3 Å². The van der Waals surface area contributed by atoms with Gasteiger partial charge < -0.3 is 14.4 Å². The van der Waals surface area contributed by atoms with Crippen LogP contribution < -0.4 is 14.4 Å². The standard InChI is InChI=1S/C24H23F4N5O4S/c1-38(34,35)18-6-7-21(20(25)12-18)33-22-19(13-31-33)23(30-14-29-22)36-16-8-10-32(11-9-16)15-2-4-17(5-3-15)37-24(26,27)28/h2-5,12-14,16H,6-11H2,1H3. The van der Waals surface area contributed by atoms with Crippen molar-refractivity contribution in [1.29, 1.82) is 0 Å². The van der Waals surface area contributed by atoms with E-state index in [4.69, 9.17) is 4.74 Å². The van der Waals surface area contributed by atoms with E-state index in [0.29, 0.717) is 42.8 Å². The number of nitrogens with zero attached hydrogens (tertiary/aromatic N) is 5. The monoisotopic (exact) mass is 553 g/mol. The molecule has 3 heterocycles. The number of allylic oxidation sites excluding steroid dienone is 4. The quantitative estimate of drug-likeness (QED) is 0.408. The van der Waals surface area contributed by atoms with Crippen LogP contribution in [0.25, 0.3) is 16.7 Å². The van der Waals surface area contributed by atoms with Crippen molar-refractivity contribution in [1.82, 2.24) is 19.7 Å². The van der Waals surface area contributed by atoms with Crippen molar-refractivity contribution in [3.05, 3.63) is 53.6 Å². The van der Waals surface area contributed by atoms with Crippen molar-refractivity contribution in [2.45, 2.75) is 38.1 Å². The van der Waals surface area contributed by atoms with Crippen LogP contribution in [0.3, 0.4) is 0 Å². The number of anilines is 1. The normalized spacial score (nSPS) is 17.6. The summed E-state index contributed by atoms with van der Waals surface area (Å²) in [4.78, 5) is 10.5. The Balaban J connectivity index is 1.27. The molecule has 0 amide bonds. The molecule has 0 radical (unpaired) electrons. The Morgan fingerprint density at radius 1 is 1.05 bits per heavy atom. The van der Waals surface area contributed by atoms with Crippen LogP contribution in [0, 0.1) is 0 Å². The highest BCUT2D eigenvalue weighted by atomic mass is 32.2. The first-order chi connectivity index (χ1) is 18.0. The Labute approximate surface area is 215 Å². The molecule has 0 saturated carbocycles. The number of rotatable bonds is 6. The second-order valence-electron chi connectivity index (χ2n) is 9.00. The van der Waals surface area contributed by atoms with Gasteiger partial charge >= 0.3 is 6.36 Å². The molecule has 5 rings (SSSR count). The third-order valence-electron chi connectivity index (χ3n) is 6.39. The van der Waals surface area contributed by atoms with E-state index in [1.54, 1.807) is 12.1 Å². The van der Waals surface area contributed by atoms with Gasteiger partial charge in [0.1, 0.15) is 29.4 Å². The molecule has 0 atom stereocenters. The first-order valence-electron chi connectivity index (χ1n) is 11.7. The molecule has 1 fully saturated rings. The summed E-state index contributed by atoms with van der Waals surface area (Å²) in [5, 5.41) is 4.75. The molecule has 0 N–H and O–H groups in total. The molecule has 202 valence electrons. The maximum atomic E-state index is 14.8. The molecule has 1 saturated heterocycles.